The van der Waals surface area contributed by atoms with Gasteiger partial charge >= 0.3 is 0 Å². The number of anilines is 1. The summed E-state index contributed by atoms with van der Waals surface area (Å²) in [6, 6.07) is 19.7. The van der Waals surface area contributed by atoms with Gasteiger partial charge in [0, 0.05) is 25.3 Å². The molecule has 6 heteroatoms. The van der Waals surface area contributed by atoms with Crippen molar-refractivity contribution in [3.63, 3.8) is 0 Å². The number of sulfone groups is 1. The van der Waals surface area contributed by atoms with Crippen LogP contribution >= 0.6 is 0 Å². The minimum absolute atomic E-state index is 0.00595. The molecule has 0 spiro atoms. The van der Waals surface area contributed by atoms with E-state index in [4.69, 9.17) is 0 Å². The summed E-state index contributed by atoms with van der Waals surface area (Å²) in [6.07, 6.45) is 0.774. The Kier molecular flexibility index (Phi) is 6.06. The van der Waals surface area contributed by atoms with Crippen molar-refractivity contribution in [1.82, 2.24) is 4.90 Å². The molecule has 5 nitrogen and oxygen atoms in total. The largest absolute Gasteiger partial charge is 0.311 e. The highest BCUT2D eigenvalue weighted by Crippen LogP contribution is 2.16. The van der Waals surface area contributed by atoms with Crippen LogP contribution in [0.4, 0.5) is 5.69 Å². The fourth-order valence-electron chi connectivity index (χ4n) is 3.08. The van der Waals surface area contributed by atoms with Crippen molar-refractivity contribution in [2.45, 2.75) is 6.42 Å². The number of nitrogens with zero attached hydrogens (tertiary/aromatic N) is 2. The van der Waals surface area contributed by atoms with E-state index in [0.717, 1.165) is 12.1 Å². The first-order valence-electron chi connectivity index (χ1n) is 8.86. The van der Waals surface area contributed by atoms with Crippen molar-refractivity contribution in [2.75, 3.05) is 42.6 Å². The third-order valence-electron chi connectivity index (χ3n) is 4.63. The summed E-state index contributed by atoms with van der Waals surface area (Å²) in [5, 5.41) is 0. The molecule has 0 N–H and O–H groups in total. The minimum atomic E-state index is -2.94. The van der Waals surface area contributed by atoms with Crippen LogP contribution < -0.4 is 4.90 Å². The lowest BCUT2D eigenvalue weighted by molar-refractivity contribution is -0.119. The summed E-state index contributed by atoms with van der Waals surface area (Å²) >= 11 is 0. The molecule has 1 saturated heterocycles. The predicted octanol–water partition coefficient (Wildman–Crippen LogP) is 1.99. The number of hydrogen-bond donors (Lipinski definition) is 0. The third kappa shape index (κ3) is 5.16. The SMILES string of the molecule is O=C(CN1CCS(=O)(=O)CC1)N(CCc1ccccc1)c1ccccc1. The summed E-state index contributed by atoms with van der Waals surface area (Å²) < 4.78 is 23.1. The Hall–Kier alpha value is -2.18. The molecule has 0 bridgehead atoms. The van der Waals surface area contributed by atoms with Crippen LogP contribution in [-0.2, 0) is 21.1 Å². The molecule has 2 aromatic rings. The monoisotopic (exact) mass is 372 g/mol. The standard InChI is InChI=1S/C20H24N2O3S/c23-20(17-21-13-15-26(24,25)16-14-21)22(19-9-5-2-6-10-19)12-11-18-7-3-1-4-8-18/h1-10H,11-17H2. The van der Waals surface area contributed by atoms with Crippen molar-refractivity contribution in [2.24, 2.45) is 0 Å². The summed E-state index contributed by atoms with van der Waals surface area (Å²) in [5.41, 5.74) is 2.06. The molecule has 138 valence electrons. The molecule has 0 aromatic heterocycles. The van der Waals surface area contributed by atoms with Gasteiger partial charge in [-0.1, -0.05) is 48.5 Å². The molecular formula is C20H24N2O3S. The van der Waals surface area contributed by atoms with Crippen LogP contribution in [0.3, 0.4) is 0 Å². The zero-order chi connectivity index (χ0) is 18.4. The Morgan fingerprint density at radius 1 is 0.923 bits per heavy atom. The van der Waals surface area contributed by atoms with Gasteiger partial charge in [0.1, 0.15) is 0 Å². The minimum Gasteiger partial charge on any atom is -0.311 e. The highest BCUT2D eigenvalue weighted by Gasteiger charge is 2.25. The maximum absolute atomic E-state index is 12.9. The van der Waals surface area contributed by atoms with Crippen molar-refractivity contribution in [3.05, 3.63) is 66.2 Å². The van der Waals surface area contributed by atoms with E-state index in [1.165, 1.54) is 5.56 Å². The first kappa shape index (κ1) is 18.6. The summed E-state index contributed by atoms with van der Waals surface area (Å²) in [4.78, 5) is 16.7. The van der Waals surface area contributed by atoms with Crippen LogP contribution in [0.15, 0.2) is 60.7 Å². The molecule has 1 aliphatic rings. The van der Waals surface area contributed by atoms with Gasteiger partial charge in [-0.2, -0.15) is 0 Å². The lowest BCUT2D eigenvalue weighted by Gasteiger charge is -2.29. The molecule has 1 heterocycles. The maximum Gasteiger partial charge on any atom is 0.241 e. The van der Waals surface area contributed by atoms with Crippen LogP contribution in [0, 0.1) is 0 Å². The van der Waals surface area contributed by atoms with E-state index in [9.17, 15) is 13.2 Å². The van der Waals surface area contributed by atoms with Gasteiger partial charge in [0.15, 0.2) is 9.84 Å². The van der Waals surface area contributed by atoms with Crippen molar-refractivity contribution in [1.29, 1.82) is 0 Å². The van der Waals surface area contributed by atoms with Gasteiger partial charge < -0.3 is 4.90 Å². The van der Waals surface area contributed by atoms with Crippen molar-refractivity contribution >= 4 is 21.4 Å². The molecule has 26 heavy (non-hydrogen) atoms. The highest BCUT2D eigenvalue weighted by atomic mass is 32.2. The molecule has 0 saturated carbocycles. The molecule has 0 atom stereocenters. The van der Waals surface area contributed by atoms with Gasteiger partial charge in [-0.15, -0.1) is 0 Å². The van der Waals surface area contributed by atoms with E-state index in [-0.39, 0.29) is 24.0 Å². The zero-order valence-electron chi connectivity index (χ0n) is 14.8. The van der Waals surface area contributed by atoms with Crippen molar-refractivity contribution in [3.8, 4) is 0 Å². The molecule has 1 fully saturated rings. The highest BCUT2D eigenvalue weighted by molar-refractivity contribution is 7.91. The number of rotatable bonds is 6. The summed E-state index contributed by atoms with van der Waals surface area (Å²) in [7, 11) is -2.94. The molecular weight excluding hydrogens is 348 g/mol. The number of hydrogen-bond acceptors (Lipinski definition) is 4. The molecule has 0 unspecified atom stereocenters. The Morgan fingerprint density at radius 3 is 2.12 bits per heavy atom. The lowest BCUT2D eigenvalue weighted by atomic mass is 10.1. The van der Waals surface area contributed by atoms with Gasteiger partial charge in [0.05, 0.1) is 18.1 Å². The zero-order valence-corrected chi connectivity index (χ0v) is 15.6. The number of benzene rings is 2. The molecule has 1 aliphatic heterocycles. The molecule has 1 amide bonds. The number of para-hydroxylation sites is 1. The molecule has 3 rings (SSSR count). The van der Waals surface area contributed by atoms with Gasteiger partial charge in [-0.05, 0) is 24.1 Å². The average molecular weight is 372 g/mol. The average Bonchev–Trinajstić information content (AvgIpc) is 2.65. The van der Waals surface area contributed by atoms with E-state index >= 15 is 0 Å². The summed E-state index contributed by atoms with van der Waals surface area (Å²) in [5.74, 6) is 0.275. The maximum atomic E-state index is 12.9. The van der Waals surface area contributed by atoms with E-state index in [2.05, 4.69) is 12.1 Å². The van der Waals surface area contributed by atoms with Crippen LogP contribution in [0.25, 0.3) is 0 Å². The second kappa shape index (κ2) is 8.47. The first-order valence-corrected chi connectivity index (χ1v) is 10.7. The quantitative estimate of drug-likeness (QED) is 0.778. The Bertz CT molecular complexity index is 809. The van der Waals surface area contributed by atoms with E-state index in [0.29, 0.717) is 19.6 Å². The van der Waals surface area contributed by atoms with E-state index in [1.807, 2.05) is 53.4 Å². The number of carbonyl (C=O) groups excluding carboxylic acids is 1. The molecule has 0 aliphatic carbocycles. The Morgan fingerprint density at radius 2 is 1.50 bits per heavy atom. The fraction of sp³-hybridized carbons (Fsp3) is 0.350. The molecule has 2 aromatic carbocycles. The first-order chi connectivity index (χ1) is 12.5. The predicted molar refractivity (Wildman–Crippen MR) is 104 cm³/mol. The normalized spacial score (nSPS) is 16.9. The molecule has 0 radical (unpaired) electrons. The van der Waals surface area contributed by atoms with Crippen molar-refractivity contribution < 1.29 is 13.2 Å². The second-order valence-corrected chi connectivity index (χ2v) is 8.85. The van der Waals surface area contributed by atoms with E-state index < -0.39 is 9.84 Å². The Balaban J connectivity index is 1.67. The van der Waals surface area contributed by atoms with Gasteiger partial charge in [0.2, 0.25) is 5.91 Å². The van der Waals surface area contributed by atoms with Gasteiger partial charge in [-0.25, -0.2) is 8.42 Å². The Labute approximate surface area is 155 Å². The smallest absolute Gasteiger partial charge is 0.241 e. The third-order valence-corrected chi connectivity index (χ3v) is 6.24. The van der Waals surface area contributed by atoms with Crippen LogP contribution in [0.2, 0.25) is 0 Å². The van der Waals surface area contributed by atoms with Crippen LogP contribution in [-0.4, -0.2) is 56.9 Å². The van der Waals surface area contributed by atoms with Gasteiger partial charge in [0.25, 0.3) is 0 Å². The fourth-order valence-corrected chi connectivity index (χ4v) is 4.35. The second-order valence-electron chi connectivity index (χ2n) is 6.54. The van der Waals surface area contributed by atoms with Crippen LogP contribution in [0.5, 0.6) is 0 Å². The number of carbonyl (C=O) groups is 1. The lowest BCUT2D eigenvalue weighted by Crippen LogP contribution is -2.47. The van der Waals surface area contributed by atoms with Crippen LogP contribution in [0.1, 0.15) is 5.56 Å². The summed E-state index contributed by atoms with van der Waals surface area (Å²) in [6.45, 7) is 1.70. The number of amides is 1. The topological polar surface area (TPSA) is 57.7 Å². The van der Waals surface area contributed by atoms with Gasteiger partial charge in [-0.3, -0.25) is 9.69 Å². The van der Waals surface area contributed by atoms with E-state index in [1.54, 1.807) is 4.90 Å².